The Morgan fingerprint density at radius 1 is 1.47 bits per heavy atom. The molecule has 0 spiro atoms. The predicted molar refractivity (Wildman–Crippen MR) is 70.1 cm³/mol. The van der Waals surface area contributed by atoms with Gasteiger partial charge >= 0.3 is 0 Å². The molecule has 1 aromatic carbocycles. The molecule has 0 bridgehead atoms. The quantitative estimate of drug-likeness (QED) is 0.474. The van der Waals surface area contributed by atoms with E-state index in [-0.39, 0.29) is 21.5 Å². The van der Waals surface area contributed by atoms with E-state index >= 15 is 0 Å². The summed E-state index contributed by atoms with van der Waals surface area (Å²) in [7, 11) is -1.61. The second kappa shape index (κ2) is 4.38. The Kier molecular flexibility index (Phi) is 3.37. The standard InChI is InChI=1S/C9H12Cl2N2O3S/c1-13-9(4-10)12-6-2-5(11)7(14)3-8(6)17(13,15)16/h2-3,9,12,14-16H,4H2,1H3. The number of benzene rings is 1. The van der Waals surface area contributed by atoms with E-state index in [0.29, 0.717) is 5.69 Å². The minimum Gasteiger partial charge on any atom is -0.506 e. The maximum atomic E-state index is 10.1. The number of halogens is 2. The molecule has 17 heavy (non-hydrogen) atoms. The van der Waals surface area contributed by atoms with E-state index in [0.717, 1.165) is 0 Å². The van der Waals surface area contributed by atoms with Crippen molar-refractivity contribution in [2.75, 3.05) is 18.2 Å². The lowest BCUT2D eigenvalue weighted by molar-refractivity contribution is 0.344. The van der Waals surface area contributed by atoms with E-state index in [9.17, 15) is 14.2 Å². The van der Waals surface area contributed by atoms with Gasteiger partial charge in [-0.2, -0.15) is 4.31 Å². The number of aromatic hydroxyl groups is 1. The van der Waals surface area contributed by atoms with Gasteiger partial charge in [-0.3, -0.25) is 9.11 Å². The number of hydrogen-bond donors (Lipinski definition) is 4. The molecule has 1 aliphatic rings. The molecule has 0 aliphatic carbocycles. The minimum absolute atomic E-state index is 0.143. The summed E-state index contributed by atoms with van der Waals surface area (Å²) in [5.74, 6) is -0.00507. The van der Waals surface area contributed by atoms with Gasteiger partial charge in [0, 0.05) is 13.1 Å². The Balaban J connectivity index is 2.57. The molecule has 2 rings (SSSR count). The molecule has 1 aliphatic heterocycles. The molecule has 0 amide bonds. The van der Waals surface area contributed by atoms with Crippen molar-refractivity contribution in [3.8, 4) is 5.75 Å². The van der Waals surface area contributed by atoms with E-state index in [4.69, 9.17) is 23.2 Å². The van der Waals surface area contributed by atoms with Crippen molar-refractivity contribution in [2.45, 2.75) is 11.1 Å². The largest absolute Gasteiger partial charge is 0.506 e. The number of alkyl halides is 1. The normalized spacial score (nSPS) is 24.9. The highest BCUT2D eigenvalue weighted by molar-refractivity contribution is 8.22. The minimum atomic E-state index is -3.15. The van der Waals surface area contributed by atoms with Gasteiger partial charge < -0.3 is 10.4 Å². The maximum absolute atomic E-state index is 10.1. The fraction of sp³-hybridized carbons (Fsp3) is 0.333. The zero-order chi connectivity index (χ0) is 12.8. The van der Waals surface area contributed by atoms with Gasteiger partial charge in [0.05, 0.1) is 16.6 Å². The Labute approximate surface area is 110 Å². The third-order valence-electron chi connectivity index (χ3n) is 2.65. The van der Waals surface area contributed by atoms with E-state index < -0.39 is 16.9 Å². The van der Waals surface area contributed by atoms with Crippen molar-refractivity contribution in [1.29, 1.82) is 0 Å². The van der Waals surface area contributed by atoms with Gasteiger partial charge in [-0.15, -0.1) is 22.4 Å². The molecule has 1 aromatic rings. The highest BCUT2D eigenvalue weighted by Gasteiger charge is 2.36. The lowest BCUT2D eigenvalue weighted by Crippen LogP contribution is -2.44. The lowest BCUT2D eigenvalue weighted by Gasteiger charge is -2.49. The molecule has 4 N–H and O–H groups in total. The van der Waals surface area contributed by atoms with Crippen LogP contribution in [0.3, 0.4) is 0 Å². The molecule has 0 fully saturated rings. The summed E-state index contributed by atoms with van der Waals surface area (Å²) in [6.07, 6.45) is -0.408. The Morgan fingerprint density at radius 3 is 2.71 bits per heavy atom. The summed E-state index contributed by atoms with van der Waals surface area (Å²) in [6, 6.07) is 2.70. The Morgan fingerprint density at radius 2 is 2.12 bits per heavy atom. The molecule has 0 aromatic heterocycles. The molecule has 1 atom stereocenters. The number of phenols is 1. The lowest BCUT2D eigenvalue weighted by atomic mass is 10.3. The number of fused-ring (bicyclic) bond motifs is 1. The molecule has 5 nitrogen and oxygen atoms in total. The van der Waals surface area contributed by atoms with Gasteiger partial charge in [0.1, 0.15) is 16.8 Å². The number of anilines is 1. The van der Waals surface area contributed by atoms with Crippen LogP contribution in [0.2, 0.25) is 5.02 Å². The fourth-order valence-corrected chi connectivity index (χ4v) is 3.63. The molecular formula is C9H12Cl2N2O3S. The Bertz CT molecular complexity index is 458. The predicted octanol–water partition coefficient (Wildman–Crippen LogP) is 2.99. The van der Waals surface area contributed by atoms with Crippen LogP contribution in [0.15, 0.2) is 17.0 Å². The summed E-state index contributed by atoms with van der Waals surface area (Å²) in [4.78, 5) is 0.211. The summed E-state index contributed by atoms with van der Waals surface area (Å²) in [5.41, 5.74) is 0.469. The highest BCUT2D eigenvalue weighted by atomic mass is 35.5. The average molecular weight is 299 g/mol. The third-order valence-corrected chi connectivity index (χ3v) is 5.23. The van der Waals surface area contributed by atoms with Crippen LogP contribution >= 0.6 is 34.0 Å². The molecule has 0 saturated heterocycles. The SMILES string of the molecule is CN1C(CCl)Nc2cc(Cl)c(O)cc2S1(O)O. The van der Waals surface area contributed by atoms with Gasteiger partial charge in [0.25, 0.3) is 0 Å². The van der Waals surface area contributed by atoms with E-state index in [1.54, 1.807) is 7.05 Å². The summed E-state index contributed by atoms with van der Waals surface area (Å²) < 4.78 is 21.6. The first-order chi connectivity index (χ1) is 7.87. The van der Waals surface area contributed by atoms with Crippen molar-refractivity contribution in [1.82, 2.24) is 4.31 Å². The third kappa shape index (κ3) is 2.05. The van der Waals surface area contributed by atoms with Gasteiger partial charge in [-0.1, -0.05) is 11.6 Å². The topological polar surface area (TPSA) is 76.0 Å². The van der Waals surface area contributed by atoms with E-state index in [2.05, 4.69) is 5.32 Å². The van der Waals surface area contributed by atoms with Crippen LogP contribution in [0.1, 0.15) is 0 Å². The van der Waals surface area contributed by atoms with Crippen molar-refractivity contribution in [2.24, 2.45) is 0 Å². The van der Waals surface area contributed by atoms with E-state index in [1.807, 2.05) is 0 Å². The van der Waals surface area contributed by atoms with Crippen molar-refractivity contribution >= 4 is 39.7 Å². The Hall–Kier alpha value is -0.370. The van der Waals surface area contributed by atoms with Crippen LogP contribution in [0.4, 0.5) is 5.69 Å². The van der Waals surface area contributed by atoms with Gasteiger partial charge in [-0.05, 0) is 6.07 Å². The van der Waals surface area contributed by atoms with Crippen LogP contribution < -0.4 is 5.32 Å². The van der Waals surface area contributed by atoms with Crippen LogP contribution in [0, 0.1) is 0 Å². The number of rotatable bonds is 1. The first kappa shape index (κ1) is 13.1. The van der Waals surface area contributed by atoms with Crippen LogP contribution in [-0.2, 0) is 0 Å². The van der Waals surface area contributed by atoms with Crippen LogP contribution in [0.5, 0.6) is 5.75 Å². The van der Waals surface area contributed by atoms with E-state index in [1.165, 1.54) is 16.4 Å². The molecule has 1 heterocycles. The van der Waals surface area contributed by atoms with Crippen LogP contribution in [-0.4, -0.2) is 37.6 Å². The first-order valence-corrected chi connectivity index (χ1v) is 7.15. The fourth-order valence-electron chi connectivity index (χ4n) is 1.62. The smallest absolute Gasteiger partial charge is 0.136 e. The van der Waals surface area contributed by atoms with Crippen molar-refractivity contribution < 1.29 is 14.2 Å². The maximum Gasteiger partial charge on any atom is 0.136 e. The number of phenolic OH excluding ortho intramolecular Hbond substituents is 1. The molecular weight excluding hydrogens is 287 g/mol. The molecule has 0 radical (unpaired) electrons. The molecule has 1 unspecified atom stereocenters. The molecule has 0 saturated carbocycles. The first-order valence-electron chi connectivity index (χ1n) is 4.74. The zero-order valence-electron chi connectivity index (χ0n) is 8.89. The second-order valence-corrected chi connectivity index (χ2v) is 6.45. The highest BCUT2D eigenvalue weighted by Crippen LogP contribution is 2.58. The zero-order valence-corrected chi connectivity index (χ0v) is 11.2. The number of nitrogens with zero attached hydrogens (tertiary/aromatic N) is 1. The van der Waals surface area contributed by atoms with Crippen LogP contribution in [0.25, 0.3) is 0 Å². The monoisotopic (exact) mass is 298 g/mol. The van der Waals surface area contributed by atoms with Gasteiger partial charge in [0.15, 0.2) is 0 Å². The van der Waals surface area contributed by atoms with Gasteiger partial charge in [-0.25, -0.2) is 0 Å². The molecule has 8 heteroatoms. The summed E-state index contributed by atoms with van der Waals surface area (Å²) in [5, 5.41) is 12.7. The number of hydrogen-bond acceptors (Lipinski definition) is 5. The second-order valence-electron chi connectivity index (χ2n) is 3.68. The average Bonchev–Trinajstić information content (AvgIpc) is 2.27. The summed E-state index contributed by atoms with van der Waals surface area (Å²) >= 11 is 11.5. The number of nitrogens with one attached hydrogen (secondary N) is 1. The van der Waals surface area contributed by atoms with Crippen molar-refractivity contribution in [3.05, 3.63) is 17.2 Å². The molecule has 96 valence electrons. The summed E-state index contributed by atoms with van der Waals surface area (Å²) in [6.45, 7) is 0. The van der Waals surface area contributed by atoms with Gasteiger partial charge in [0.2, 0.25) is 0 Å². The van der Waals surface area contributed by atoms with Crippen molar-refractivity contribution in [3.63, 3.8) is 0 Å².